The number of fused-ring (bicyclic) bond motifs is 1. The van der Waals surface area contributed by atoms with E-state index in [2.05, 4.69) is 40.5 Å². The van der Waals surface area contributed by atoms with Gasteiger partial charge in [0.2, 0.25) is 0 Å². The second-order valence-corrected chi connectivity index (χ2v) is 7.04. The normalized spacial score (nSPS) is 26.3. The van der Waals surface area contributed by atoms with Gasteiger partial charge in [0.15, 0.2) is 0 Å². The lowest BCUT2D eigenvalue weighted by Gasteiger charge is -2.26. The zero-order valence-corrected chi connectivity index (χ0v) is 14.5. The fraction of sp³-hybridized carbons (Fsp3) is 0.632. The number of urea groups is 1. The third kappa shape index (κ3) is 3.90. The lowest BCUT2D eigenvalue weighted by molar-refractivity contribution is 0.173. The van der Waals surface area contributed by atoms with E-state index in [4.69, 9.17) is 5.11 Å². The van der Waals surface area contributed by atoms with Crippen LogP contribution in [0.3, 0.4) is 0 Å². The molecular formula is C19H29N3O2. The molecule has 1 aromatic carbocycles. The van der Waals surface area contributed by atoms with Crippen LogP contribution in [0, 0.1) is 11.8 Å². The molecule has 0 radical (unpaired) electrons. The summed E-state index contributed by atoms with van der Waals surface area (Å²) in [6.45, 7) is 6.21. The molecule has 24 heavy (non-hydrogen) atoms. The molecule has 3 atom stereocenters. The molecular weight excluding hydrogens is 302 g/mol. The number of likely N-dealkylation sites (N-methyl/N-ethyl adjacent to an activating group) is 1. The van der Waals surface area contributed by atoms with Crippen molar-refractivity contribution in [3.05, 3.63) is 35.9 Å². The Kier molecular flexibility index (Phi) is 5.74. The highest BCUT2D eigenvalue weighted by Gasteiger charge is 2.43. The van der Waals surface area contributed by atoms with Crippen molar-refractivity contribution in [2.75, 3.05) is 32.8 Å². The van der Waals surface area contributed by atoms with Crippen LogP contribution in [-0.2, 0) is 6.54 Å². The second-order valence-electron chi connectivity index (χ2n) is 7.04. The highest BCUT2D eigenvalue weighted by molar-refractivity contribution is 5.74. The van der Waals surface area contributed by atoms with Crippen LogP contribution < -0.4 is 5.32 Å². The number of carbonyl (C=O) groups is 1. The zero-order chi connectivity index (χ0) is 16.9. The van der Waals surface area contributed by atoms with Crippen molar-refractivity contribution >= 4 is 6.03 Å². The Morgan fingerprint density at radius 2 is 2.08 bits per heavy atom. The van der Waals surface area contributed by atoms with E-state index in [1.54, 1.807) is 4.90 Å². The predicted octanol–water partition coefficient (Wildman–Crippen LogP) is 1.92. The van der Waals surface area contributed by atoms with E-state index >= 15 is 0 Å². The van der Waals surface area contributed by atoms with Gasteiger partial charge in [0.1, 0.15) is 0 Å². The maximum absolute atomic E-state index is 12.4. The van der Waals surface area contributed by atoms with Crippen LogP contribution in [0.4, 0.5) is 4.79 Å². The molecule has 1 saturated heterocycles. The zero-order valence-electron chi connectivity index (χ0n) is 14.5. The molecule has 5 heteroatoms. The number of benzene rings is 1. The van der Waals surface area contributed by atoms with Crippen molar-refractivity contribution in [3.63, 3.8) is 0 Å². The van der Waals surface area contributed by atoms with Gasteiger partial charge in [-0.3, -0.25) is 4.90 Å². The quantitative estimate of drug-likeness (QED) is 0.837. The first kappa shape index (κ1) is 17.2. The van der Waals surface area contributed by atoms with Crippen LogP contribution in [0.5, 0.6) is 0 Å². The van der Waals surface area contributed by atoms with Crippen LogP contribution in [0.1, 0.15) is 25.3 Å². The number of rotatable bonds is 6. The minimum atomic E-state index is -0.0290. The molecule has 0 bridgehead atoms. The van der Waals surface area contributed by atoms with Gasteiger partial charge in [0.05, 0.1) is 6.61 Å². The number of nitrogens with zero attached hydrogens (tertiary/aromatic N) is 2. The summed E-state index contributed by atoms with van der Waals surface area (Å²) in [5.74, 6) is 1.26. The molecule has 2 fully saturated rings. The number of nitrogens with one attached hydrogen (secondary N) is 1. The maximum Gasteiger partial charge on any atom is 0.317 e. The molecule has 1 saturated carbocycles. The van der Waals surface area contributed by atoms with Crippen LogP contribution in [-0.4, -0.2) is 59.8 Å². The predicted molar refractivity (Wildman–Crippen MR) is 94.6 cm³/mol. The number of carbonyl (C=O) groups excluding carboxylic acids is 1. The SMILES string of the molecule is CCN(CCO)C(=O)N[C@@H]1CC[C@H]2CN(Cc3ccccc3)C[C@H]21. The number of amides is 2. The van der Waals surface area contributed by atoms with Crippen molar-refractivity contribution in [1.82, 2.24) is 15.1 Å². The Morgan fingerprint density at radius 3 is 2.79 bits per heavy atom. The van der Waals surface area contributed by atoms with Gasteiger partial charge in [-0.1, -0.05) is 30.3 Å². The third-order valence-electron chi connectivity index (χ3n) is 5.53. The molecule has 1 aliphatic carbocycles. The monoisotopic (exact) mass is 331 g/mol. The maximum atomic E-state index is 12.4. The van der Waals surface area contributed by atoms with E-state index in [1.807, 2.05) is 6.92 Å². The van der Waals surface area contributed by atoms with Crippen LogP contribution in [0.25, 0.3) is 0 Å². The molecule has 0 spiro atoms. The molecule has 2 N–H and O–H groups in total. The number of likely N-dealkylation sites (tertiary alicyclic amines) is 1. The lowest BCUT2D eigenvalue weighted by Crippen LogP contribution is -2.47. The number of aliphatic hydroxyl groups is 1. The van der Waals surface area contributed by atoms with Crippen LogP contribution in [0.2, 0.25) is 0 Å². The Bertz CT molecular complexity index is 537. The minimum absolute atomic E-state index is 0.0167. The van der Waals surface area contributed by atoms with Crippen molar-refractivity contribution in [2.45, 2.75) is 32.4 Å². The molecule has 3 rings (SSSR count). The van der Waals surface area contributed by atoms with Gasteiger partial charge in [-0.2, -0.15) is 0 Å². The van der Waals surface area contributed by atoms with Crippen LogP contribution in [0.15, 0.2) is 30.3 Å². The van der Waals surface area contributed by atoms with Crippen molar-refractivity contribution < 1.29 is 9.90 Å². The smallest absolute Gasteiger partial charge is 0.317 e. The average Bonchev–Trinajstić information content (AvgIpc) is 3.15. The number of hydrogen-bond acceptors (Lipinski definition) is 3. The van der Waals surface area contributed by atoms with E-state index in [0.717, 1.165) is 26.1 Å². The first-order chi connectivity index (χ1) is 11.7. The van der Waals surface area contributed by atoms with Crippen molar-refractivity contribution in [3.8, 4) is 0 Å². The molecule has 0 unspecified atom stereocenters. The lowest BCUT2D eigenvalue weighted by atomic mass is 9.98. The summed E-state index contributed by atoms with van der Waals surface area (Å²) in [6.07, 6.45) is 2.28. The summed E-state index contributed by atoms with van der Waals surface area (Å²) in [5, 5.41) is 12.3. The Balaban J connectivity index is 1.54. The summed E-state index contributed by atoms with van der Waals surface area (Å²) < 4.78 is 0. The van der Waals surface area contributed by atoms with Gasteiger partial charge in [0.25, 0.3) is 0 Å². The summed E-state index contributed by atoms with van der Waals surface area (Å²) in [6, 6.07) is 10.9. The van der Waals surface area contributed by atoms with E-state index in [-0.39, 0.29) is 18.7 Å². The van der Waals surface area contributed by atoms with Gasteiger partial charge in [-0.05, 0) is 37.2 Å². The first-order valence-electron chi connectivity index (χ1n) is 9.13. The Morgan fingerprint density at radius 1 is 1.29 bits per heavy atom. The molecule has 1 aromatic rings. The topological polar surface area (TPSA) is 55.8 Å². The van der Waals surface area contributed by atoms with Crippen molar-refractivity contribution in [1.29, 1.82) is 0 Å². The van der Waals surface area contributed by atoms with Gasteiger partial charge in [-0.15, -0.1) is 0 Å². The van der Waals surface area contributed by atoms with E-state index < -0.39 is 0 Å². The minimum Gasteiger partial charge on any atom is -0.395 e. The summed E-state index contributed by atoms with van der Waals surface area (Å²) >= 11 is 0. The summed E-state index contributed by atoms with van der Waals surface area (Å²) in [4.78, 5) is 16.6. The molecule has 1 heterocycles. The standard InChI is InChI=1S/C19H29N3O2/c1-2-22(10-11-23)19(24)20-18-9-8-16-13-21(14-17(16)18)12-15-6-4-3-5-7-15/h3-7,16-18,23H,2,8-14H2,1H3,(H,20,24)/t16-,17+,18+/m0/s1. The largest absolute Gasteiger partial charge is 0.395 e. The molecule has 2 amide bonds. The van der Waals surface area contributed by atoms with Gasteiger partial charge in [-0.25, -0.2) is 4.79 Å². The first-order valence-corrected chi connectivity index (χ1v) is 9.13. The highest BCUT2D eigenvalue weighted by atomic mass is 16.3. The molecule has 2 aliphatic rings. The molecule has 1 aliphatic heterocycles. The van der Waals surface area contributed by atoms with Gasteiger partial charge < -0.3 is 15.3 Å². The summed E-state index contributed by atoms with van der Waals surface area (Å²) in [7, 11) is 0. The number of aliphatic hydroxyl groups excluding tert-OH is 1. The second kappa shape index (κ2) is 7.99. The number of hydrogen-bond donors (Lipinski definition) is 2. The average molecular weight is 331 g/mol. The fourth-order valence-corrected chi connectivity index (χ4v) is 4.28. The van der Waals surface area contributed by atoms with Gasteiger partial charge >= 0.3 is 6.03 Å². The molecule has 132 valence electrons. The Hall–Kier alpha value is -1.59. The van der Waals surface area contributed by atoms with E-state index in [1.165, 1.54) is 12.0 Å². The fourth-order valence-electron chi connectivity index (χ4n) is 4.28. The van der Waals surface area contributed by atoms with E-state index in [9.17, 15) is 4.79 Å². The van der Waals surface area contributed by atoms with Crippen molar-refractivity contribution in [2.24, 2.45) is 11.8 Å². The summed E-state index contributed by atoms with van der Waals surface area (Å²) in [5.41, 5.74) is 1.36. The van der Waals surface area contributed by atoms with E-state index in [0.29, 0.717) is 24.9 Å². The third-order valence-corrected chi connectivity index (χ3v) is 5.53. The molecule has 5 nitrogen and oxygen atoms in total. The van der Waals surface area contributed by atoms with Crippen LogP contribution >= 0.6 is 0 Å². The highest BCUT2D eigenvalue weighted by Crippen LogP contribution is 2.38. The van der Waals surface area contributed by atoms with Gasteiger partial charge in [0, 0.05) is 38.8 Å². The molecule has 0 aromatic heterocycles. The Labute approximate surface area is 144 Å².